The Labute approximate surface area is 512 Å². The Morgan fingerprint density at radius 1 is 0.232 bits per heavy atom. The number of unbranched alkanes of at least 4 members (excludes halogenated alkanes) is 52. The van der Waals surface area contributed by atoms with Crippen molar-refractivity contribution in [2.45, 2.75) is 419 Å². The molecule has 0 rings (SSSR count). The summed E-state index contributed by atoms with van der Waals surface area (Å²) < 4.78 is 17.0. The highest BCUT2D eigenvalue weighted by Gasteiger charge is 2.19. The van der Waals surface area contributed by atoms with E-state index in [1.54, 1.807) is 0 Å². The van der Waals surface area contributed by atoms with Crippen LogP contribution < -0.4 is 0 Å². The second-order valence-corrected chi connectivity index (χ2v) is 25.2. The van der Waals surface area contributed by atoms with Crippen molar-refractivity contribution < 1.29 is 28.6 Å². The fourth-order valence-electron chi connectivity index (χ4n) is 11.3. The number of esters is 3. The van der Waals surface area contributed by atoms with Crippen LogP contribution in [0, 0.1) is 0 Å². The van der Waals surface area contributed by atoms with Gasteiger partial charge < -0.3 is 14.2 Å². The molecule has 0 saturated carbocycles. The Hall–Kier alpha value is -2.37. The van der Waals surface area contributed by atoms with Crippen LogP contribution in [0.4, 0.5) is 0 Å². The van der Waals surface area contributed by atoms with E-state index in [9.17, 15) is 14.4 Å². The van der Waals surface area contributed by atoms with Crippen LogP contribution in [-0.2, 0) is 28.6 Å². The van der Waals surface area contributed by atoms with Gasteiger partial charge in [-0.05, 0) is 96.3 Å². The molecule has 0 aromatic rings. The quantitative estimate of drug-likeness (QED) is 0.0261. The zero-order chi connectivity index (χ0) is 59.2. The fourth-order valence-corrected chi connectivity index (χ4v) is 11.3. The second kappa shape index (κ2) is 71.1. The van der Waals surface area contributed by atoms with Gasteiger partial charge in [0.25, 0.3) is 0 Å². The van der Waals surface area contributed by atoms with E-state index in [1.165, 1.54) is 308 Å². The van der Waals surface area contributed by atoms with E-state index in [0.717, 1.165) is 64.2 Å². The summed E-state index contributed by atoms with van der Waals surface area (Å²) in [4.78, 5) is 38.4. The van der Waals surface area contributed by atoms with E-state index in [-0.39, 0.29) is 31.1 Å². The van der Waals surface area contributed by atoms with Crippen LogP contribution in [0.15, 0.2) is 36.5 Å². The Kier molecular flexibility index (Phi) is 69.1. The summed E-state index contributed by atoms with van der Waals surface area (Å²) in [6.45, 7) is 6.67. The topological polar surface area (TPSA) is 78.9 Å². The molecule has 0 fully saturated rings. The number of carbonyl (C=O) groups excluding carboxylic acids is 3. The monoisotopic (exact) mass is 1150 g/mol. The van der Waals surface area contributed by atoms with E-state index in [4.69, 9.17) is 14.2 Å². The maximum Gasteiger partial charge on any atom is 0.306 e. The number of allylic oxidation sites excluding steroid dienone is 6. The van der Waals surface area contributed by atoms with Crippen molar-refractivity contribution in [2.75, 3.05) is 13.2 Å². The largest absolute Gasteiger partial charge is 0.462 e. The molecule has 0 radical (unpaired) electrons. The Morgan fingerprint density at radius 2 is 0.402 bits per heavy atom. The summed E-state index contributed by atoms with van der Waals surface area (Å²) in [5.74, 6) is -0.855. The summed E-state index contributed by atoms with van der Waals surface area (Å²) in [5.41, 5.74) is 0. The number of ether oxygens (including phenoxy) is 3. The summed E-state index contributed by atoms with van der Waals surface area (Å²) in [7, 11) is 0. The minimum absolute atomic E-state index is 0.0707. The lowest BCUT2D eigenvalue weighted by Crippen LogP contribution is -2.30. The van der Waals surface area contributed by atoms with Gasteiger partial charge in [0.05, 0.1) is 0 Å². The van der Waals surface area contributed by atoms with Gasteiger partial charge in [0.1, 0.15) is 13.2 Å². The molecule has 482 valence electrons. The molecule has 0 heterocycles. The van der Waals surface area contributed by atoms with Crippen LogP contribution in [0.1, 0.15) is 412 Å². The van der Waals surface area contributed by atoms with Crippen molar-refractivity contribution in [2.24, 2.45) is 0 Å². The molecule has 6 heteroatoms. The summed E-state index contributed by atoms with van der Waals surface area (Å²) in [6, 6.07) is 0. The average Bonchev–Trinajstić information content (AvgIpc) is 3.47. The van der Waals surface area contributed by atoms with Crippen molar-refractivity contribution in [3.05, 3.63) is 36.5 Å². The second-order valence-electron chi connectivity index (χ2n) is 25.2. The van der Waals surface area contributed by atoms with Crippen molar-refractivity contribution in [1.29, 1.82) is 0 Å². The molecular formula is C76H142O6. The fraction of sp³-hybridized carbons (Fsp3) is 0.882. The van der Waals surface area contributed by atoms with Crippen LogP contribution in [-0.4, -0.2) is 37.2 Å². The first-order valence-corrected chi connectivity index (χ1v) is 37.0. The first kappa shape index (κ1) is 79.6. The molecule has 0 aromatic carbocycles. The number of hydrogen-bond donors (Lipinski definition) is 0. The molecule has 0 spiro atoms. The zero-order valence-electron chi connectivity index (χ0n) is 55.5. The SMILES string of the molecule is CCCCC/C=C\CCCCCCCC(=O)OCC(COC(=O)CCCCCCCCCCCCCCCCCCCCCCC/C=C\CCCCCCCCCC)OC(=O)CCCCCCCCCCC/C=C\CCCCCCCC. The lowest BCUT2D eigenvalue weighted by Gasteiger charge is -2.18. The van der Waals surface area contributed by atoms with E-state index >= 15 is 0 Å². The number of hydrogen-bond acceptors (Lipinski definition) is 6. The highest BCUT2D eigenvalue weighted by atomic mass is 16.6. The van der Waals surface area contributed by atoms with E-state index in [2.05, 4.69) is 57.2 Å². The van der Waals surface area contributed by atoms with Crippen molar-refractivity contribution in [1.82, 2.24) is 0 Å². The lowest BCUT2D eigenvalue weighted by atomic mass is 10.0. The molecule has 6 nitrogen and oxygen atoms in total. The standard InChI is InChI=1S/C76H142O6/c1-4-7-10-13-16-19-22-25-27-29-31-32-33-34-35-36-37-38-39-40-41-42-43-44-46-47-49-51-54-57-60-63-66-69-75(78)81-72-73(71-80-74(77)68-65-62-59-56-53-24-21-18-15-12-9-6-3)82-76(79)70-67-64-61-58-55-52-50-48-45-30-28-26-23-20-17-14-11-8-5-2/h18,21,26,28-29,31,73H,4-17,19-20,22-25,27,30,32-72H2,1-3H3/b21-18-,28-26-,31-29-. The first-order valence-electron chi connectivity index (χ1n) is 37.0. The molecule has 0 saturated heterocycles. The highest BCUT2D eigenvalue weighted by molar-refractivity contribution is 5.71. The van der Waals surface area contributed by atoms with Gasteiger partial charge in [-0.3, -0.25) is 14.4 Å². The van der Waals surface area contributed by atoms with E-state index in [1.807, 2.05) is 0 Å². The minimum Gasteiger partial charge on any atom is -0.462 e. The zero-order valence-corrected chi connectivity index (χ0v) is 55.5. The third-order valence-electron chi connectivity index (χ3n) is 16.8. The lowest BCUT2D eigenvalue weighted by molar-refractivity contribution is -0.167. The van der Waals surface area contributed by atoms with Crippen molar-refractivity contribution >= 4 is 17.9 Å². The molecule has 0 bridgehead atoms. The number of carbonyl (C=O) groups is 3. The smallest absolute Gasteiger partial charge is 0.306 e. The van der Waals surface area contributed by atoms with Gasteiger partial charge in [-0.25, -0.2) is 0 Å². The molecular weight excluding hydrogens is 1010 g/mol. The predicted octanol–water partition coefficient (Wildman–Crippen LogP) is 25.5. The van der Waals surface area contributed by atoms with E-state index < -0.39 is 6.10 Å². The average molecular weight is 1150 g/mol. The molecule has 0 amide bonds. The summed E-state index contributed by atoms with van der Waals surface area (Å²) in [5, 5.41) is 0. The van der Waals surface area contributed by atoms with Gasteiger partial charge in [-0.1, -0.05) is 333 Å². The van der Waals surface area contributed by atoms with Gasteiger partial charge in [-0.15, -0.1) is 0 Å². The molecule has 0 N–H and O–H groups in total. The molecule has 1 atom stereocenters. The molecule has 1 unspecified atom stereocenters. The van der Waals surface area contributed by atoms with Crippen LogP contribution in [0.3, 0.4) is 0 Å². The Balaban J connectivity index is 4.10. The molecule has 0 aliphatic rings. The van der Waals surface area contributed by atoms with Crippen molar-refractivity contribution in [3.8, 4) is 0 Å². The number of rotatable bonds is 69. The van der Waals surface area contributed by atoms with Gasteiger partial charge in [0.15, 0.2) is 6.10 Å². The van der Waals surface area contributed by atoms with Crippen LogP contribution in [0.25, 0.3) is 0 Å². The maximum atomic E-state index is 12.9. The van der Waals surface area contributed by atoms with Crippen LogP contribution in [0.2, 0.25) is 0 Å². The Bertz CT molecular complexity index is 1370. The molecule has 0 aliphatic heterocycles. The van der Waals surface area contributed by atoms with Crippen molar-refractivity contribution in [3.63, 3.8) is 0 Å². The predicted molar refractivity (Wildman–Crippen MR) is 358 cm³/mol. The van der Waals surface area contributed by atoms with Crippen LogP contribution in [0.5, 0.6) is 0 Å². The first-order chi connectivity index (χ1) is 40.5. The van der Waals surface area contributed by atoms with Gasteiger partial charge >= 0.3 is 17.9 Å². The minimum atomic E-state index is -0.775. The summed E-state index contributed by atoms with van der Waals surface area (Å²) >= 11 is 0. The summed E-state index contributed by atoms with van der Waals surface area (Å²) in [6.07, 6.45) is 89.2. The van der Waals surface area contributed by atoms with Gasteiger partial charge in [0, 0.05) is 19.3 Å². The van der Waals surface area contributed by atoms with Crippen LogP contribution >= 0.6 is 0 Å². The van der Waals surface area contributed by atoms with Gasteiger partial charge in [0.2, 0.25) is 0 Å². The maximum absolute atomic E-state index is 12.9. The Morgan fingerprint density at radius 3 is 0.634 bits per heavy atom. The third kappa shape index (κ3) is 68.4. The normalized spacial score (nSPS) is 12.2. The highest BCUT2D eigenvalue weighted by Crippen LogP contribution is 2.19. The molecule has 0 aliphatic carbocycles. The van der Waals surface area contributed by atoms with E-state index in [0.29, 0.717) is 19.3 Å². The van der Waals surface area contributed by atoms with Gasteiger partial charge in [-0.2, -0.15) is 0 Å². The molecule has 0 aromatic heterocycles. The molecule has 82 heavy (non-hydrogen) atoms. The third-order valence-corrected chi connectivity index (χ3v) is 16.8.